The summed E-state index contributed by atoms with van der Waals surface area (Å²) >= 11 is 0. The average molecular weight is 238 g/mol. The SMILES string of the molecule is C[N+](C)(C)C[C@](O)(CC(=O)O)c1ccccc1. The molecule has 0 aliphatic heterocycles. The molecule has 0 fully saturated rings. The first-order valence-electron chi connectivity index (χ1n) is 5.53. The summed E-state index contributed by atoms with van der Waals surface area (Å²) in [5, 5.41) is 19.5. The topological polar surface area (TPSA) is 57.5 Å². The number of nitrogens with zero attached hydrogens (tertiary/aromatic N) is 1. The minimum absolute atomic E-state index is 0.285. The number of carbonyl (C=O) groups is 1. The lowest BCUT2D eigenvalue weighted by molar-refractivity contribution is -0.878. The van der Waals surface area contributed by atoms with Crippen LogP contribution in [-0.4, -0.2) is 48.4 Å². The van der Waals surface area contributed by atoms with Gasteiger partial charge in [0.15, 0.2) is 0 Å². The molecular formula is C13H20NO3+. The van der Waals surface area contributed by atoms with Crippen molar-refractivity contribution in [3.8, 4) is 0 Å². The van der Waals surface area contributed by atoms with Crippen molar-refractivity contribution in [1.82, 2.24) is 0 Å². The summed E-state index contributed by atoms with van der Waals surface area (Å²) in [5.74, 6) is -0.996. The minimum Gasteiger partial charge on any atom is -0.481 e. The Balaban J connectivity index is 3.06. The van der Waals surface area contributed by atoms with Gasteiger partial charge in [-0.15, -0.1) is 0 Å². The van der Waals surface area contributed by atoms with Crippen molar-refractivity contribution >= 4 is 5.97 Å². The van der Waals surface area contributed by atoms with E-state index in [2.05, 4.69) is 0 Å². The summed E-state index contributed by atoms with van der Waals surface area (Å²) in [6.07, 6.45) is -0.285. The average Bonchev–Trinajstić information content (AvgIpc) is 2.14. The normalized spacial score (nSPS) is 15.3. The van der Waals surface area contributed by atoms with Crippen LogP contribution in [0.15, 0.2) is 30.3 Å². The highest BCUT2D eigenvalue weighted by Crippen LogP contribution is 2.27. The number of carboxylic acids is 1. The van der Waals surface area contributed by atoms with Gasteiger partial charge in [-0.05, 0) is 5.56 Å². The molecule has 0 amide bonds. The largest absolute Gasteiger partial charge is 0.481 e. The van der Waals surface area contributed by atoms with Crippen molar-refractivity contribution < 1.29 is 19.5 Å². The zero-order chi connectivity index (χ0) is 13.1. The van der Waals surface area contributed by atoms with Gasteiger partial charge in [0.1, 0.15) is 12.1 Å². The van der Waals surface area contributed by atoms with Crippen molar-refractivity contribution in [3.05, 3.63) is 35.9 Å². The zero-order valence-corrected chi connectivity index (χ0v) is 10.6. The third-order valence-corrected chi connectivity index (χ3v) is 2.49. The van der Waals surface area contributed by atoms with Crippen LogP contribution in [0.3, 0.4) is 0 Å². The van der Waals surface area contributed by atoms with Gasteiger partial charge in [0.2, 0.25) is 0 Å². The fourth-order valence-electron chi connectivity index (χ4n) is 2.03. The van der Waals surface area contributed by atoms with Gasteiger partial charge in [0, 0.05) is 0 Å². The molecule has 0 spiro atoms. The fourth-order valence-corrected chi connectivity index (χ4v) is 2.03. The quantitative estimate of drug-likeness (QED) is 0.754. The van der Waals surface area contributed by atoms with Gasteiger partial charge in [0.05, 0.1) is 27.6 Å². The molecule has 0 aromatic heterocycles. The van der Waals surface area contributed by atoms with E-state index in [1.165, 1.54) is 0 Å². The van der Waals surface area contributed by atoms with E-state index in [0.29, 0.717) is 16.6 Å². The molecule has 1 aromatic rings. The lowest BCUT2D eigenvalue weighted by Crippen LogP contribution is -2.48. The van der Waals surface area contributed by atoms with Crippen LogP contribution in [0.25, 0.3) is 0 Å². The molecule has 0 aliphatic rings. The molecule has 4 heteroatoms. The maximum absolute atomic E-state index is 10.9. The van der Waals surface area contributed by atoms with Crippen LogP contribution in [0.2, 0.25) is 0 Å². The molecule has 0 bridgehead atoms. The second-order valence-corrected chi connectivity index (χ2v) is 5.42. The van der Waals surface area contributed by atoms with E-state index in [9.17, 15) is 9.90 Å². The number of carboxylic acid groups (broad SMARTS) is 1. The Kier molecular flexibility index (Phi) is 3.91. The van der Waals surface area contributed by atoms with E-state index in [0.717, 1.165) is 0 Å². The molecule has 0 radical (unpaired) electrons. The molecule has 1 aromatic carbocycles. The molecule has 94 valence electrons. The maximum Gasteiger partial charge on any atom is 0.306 e. The Labute approximate surface area is 102 Å². The Hall–Kier alpha value is -1.39. The van der Waals surface area contributed by atoms with E-state index in [1.54, 1.807) is 24.3 Å². The smallest absolute Gasteiger partial charge is 0.306 e. The molecule has 0 aliphatic carbocycles. The third kappa shape index (κ3) is 4.17. The van der Waals surface area contributed by atoms with Crippen LogP contribution in [0.1, 0.15) is 12.0 Å². The molecule has 0 saturated carbocycles. The van der Waals surface area contributed by atoms with E-state index in [4.69, 9.17) is 5.11 Å². The predicted molar refractivity (Wildman–Crippen MR) is 65.5 cm³/mol. The molecular weight excluding hydrogens is 218 g/mol. The second kappa shape index (κ2) is 4.85. The van der Waals surface area contributed by atoms with Gasteiger partial charge in [-0.2, -0.15) is 0 Å². The van der Waals surface area contributed by atoms with Crippen LogP contribution >= 0.6 is 0 Å². The molecule has 4 nitrogen and oxygen atoms in total. The number of quaternary nitrogens is 1. The molecule has 1 atom stereocenters. The maximum atomic E-state index is 10.9. The van der Waals surface area contributed by atoms with Crippen LogP contribution in [-0.2, 0) is 10.4 Å². The van der Waals surface area contributed by atoms with Crippen molar-refractivity contribution in [2.45, 2.75) is 12.0 Å². The van der Waals surface area contributed by atoms with Crippen LogP contribution in [0, 0.1) is 0 Å². The van der Waals surface area contributed by atoms with Crippen LogP contribution < -0.4 is 0 Å². The monoisotopic (exact) mass is 238 g/mol. The Bertz CT molecular complexity index is 383. The summed E-state index contributed by atoms with van der Waals surface area (Å²) in [4.78, 5) is 10.9. The van der Waals surface area contributed by atoms with Crippen molar-refractivity contribution in [1.29, 1.82) is 0 Å². The van der Waals surface area contributed by atoms with Gasteiger partial charge in [0.25, 0.3) is 0 Å². The molecule has 0 unspecified atom stereocenters. The van der Waals surface area contributed by atoms with Gasteiger partial charge < -0.3 is 14.7 Å². The van der Waals surface area contributed by atoms with Crippen molar-refractivity contribution in [2.75, 3.05) is 27.7 Å². The Morgan fingerprint density at radius 3 is 2.18 bits per heavy atom. The summed E-state index contributed by atoms with van der Waals surface area (Å²) in [6, 6.07) is 8.98. The number of benzene rings is 1. The van der Waals surface area contributed by atoms with Gasteiger partial charge in [-0.3, -0.25) is 4.79 Å². The third-order valence-electron chi connectivity index (χ3n) is 2.49. The zero-order valence-electron chi connectivity index (χ0n) is 10.6. The summed E-state index contributed by atoms with van der Waals surface area (Å²) in [5.41, 5.74) is -0.679. The standard InChI is InChI=1S/C13H19NO3/c1-14(2,3)10-13(17,9-12(15)16)11-7-5-4-6-8-11/h4-8,17H,9-10H2,1-3H3/p+1/t13-/m1/s1. The Morgan fingerprint density at radius 1 is 1.24 bits per heavy atom. The lowest BCUT2D eigenvalue weighted by atomic mass is 9.89. The van der Waals surface area contributed by atoms with E-state index < -0.39 is 11.6 Å². The van der Waals surface area contributed by atoms with Crippen LogP contribution in [0.5, 0.6) is 0 Å². The number of likely N-dealkylation sites (N-methyl/N-ethyl adjacent to an activating group) is 1. The lowest BCUT2D eigenvalue weighted by Gasteiger charge is -2.35. The molecule has 0 heterocycles. The van der Waals surface area contributed by atoms with Gasteiger partial charge >= 0.3 is 5.97 Å². The molecule has 1 rings (SSSR count). The predicted octanol–water partition coefficient (Wildman–Crippen LogP) is 1.06. The number of rotatable bonds is 5. The second-order valence-electron chi connectivity index (χ2n) is 5.42. The highest BCUT2D eigenvalue weighted by atomic mass is 16.4. The number of aliphatic carboxylic acids is 1. The summed E-state index contributed by atoms with van der Waals surface area (Å²) in [6.45, 7) is 0.351. The Morgan fingerprint density at radius 2 is 1.76 bits per heavy atom. The minimum atomic E-state index is -1.33. The first-order valence-corrected chi connectivity index (χ1v) is 5.53. The van der Waals surface area contributed by atoms with E-state index >= 15 is 0 Å². The summed E-state index contributed by atoms with van der Waals surface area (Å²) < 4.78 is 0.499. The van der Waals surface area contributed by atoms with Crippen LogP contribution in [0.4, 0.5) is 0 Å². The fraction of sp³-hybridized carbons (Fsp3) is 0.462. The number of aliphatic hydroxyl groups is 1. The first kappa shape index (κ1) is 13.7. The van der Waals surface area contributed by atoms with Gasteiger partial charge in [-0.25, -0.2) is 0 Å². The highest BCUT2D eigenvalue weighted by molar-refractivity contribution is 5.68. The first-order chi connectivity index (χ1) is 7.73. The highest BCUT2D eigenvalue weighted by Gasteiger charge is 2.37. The number of hydrogen-bond donors (Lipinski definition) is 2. The molecule has 17 heavy (non-hydrogen) atoms. The van der Waals surface area contributed by atoms with E-state index in [-0.39, 0.29) is 6.42 Å². The van der Waals surface area contributed by atoms with E-state index in [1.807, 2.05) is 27.2 Å². The van der Waals surface area contributed by atoms with Gasteiger partial charge in [-0.1, -0.05) is 30.3 Å². The molecule has 2 N–H and O–H groups in total. The van der Waals surface area contributed by atoms with Crippen molar-refractivity contribution in [3.63, 3.8) is 0 Å². The number of hydrogen-bond acceptors (Lipinski definition) is 2. The van der Waals surface area contributed by atoms with Crippen molar-refractivity contribution in [2.24, 2.45) is 0 Å². The summed E-state index contributed by atoms with van der Waals surface area (Å²) in [7, 11) is 5.78. The molecule has 0 saturated heterocycles.